The Morgan fingerprint density at radius 2 is 1.77 bits per heavy atom. The van der Waals surface area contributed by atoms with E-state index >= 15 is 0 Å². The highest BCUT2D eigenvalue weighted by atomic mass is 19.3. The fraction of sp³-hybridized carbons (Fsp3) is 0.222. The van der Waals surface area contributed by atoms with E-state index < -0.39 is 6.29 Å². The summed E-state index contributed by atoms with van der Waals surface area (Å²) in [6.07, 6.45) is -3.64. The Bertz CT molecular complexity index is 836. The first-order chi connectivity index (χ1) is 12.3. The number of rotatable bonds is 6. The van der Waals surface area contributed by atoms with Gasteiger partial charge in [0.2, 0.25) is 5.91 Å². The quantitative estimate of drug-likeness (QED) is 0.794. The zero-order chi connectivity index (χ0) is 18.7. The molecule has 136 valence electrons. The van der Waals surface area contributed by atoms with Gasteiger partial charge in [0.1, 0.15) is 5.75 Å². The number of halogens is 2. The monoisotopic (exact) mass is 363 g/mol. The molecule has 0 saturated carbocycles. The largest absolute Gasteiger partial charge is 0.586 e. The second-order valence-corrected chi connectivity index (χ2v) is 5.56. The van der Waals surface area contributed by atoms with Crippen molar-refractivity contribution in [2.45, 2.75) is 19.6 Å². The van der Waals surface area contributed by atoms with Crippen molar-refractivity contribution in [1.82, 2.24) is 0 Å². The normalized spacial score (nSPS) is 14.0. The number of ether oxygens (including phenoxy) is 3. The topological polar surface area (TPSA) is 73.9 Å². The second-order valence-electron chi connectivity index (χ2n) is 5.56. The lowest BCUT2D eigenvalue weighted by Crippen LogP contribution is -2.25. The predicted molar refractivity (Wildman–Crippen MR) is 87.8 cm³/mol. The minimum atomic E-state index is -3.70. The Kier molecular flexibility index (Phi) is 4.75. The molecular weight excluding hydrogens is 348 g/mol. The number of alkyl halides is 2. The Balaban J connectivity index is 1.48. The first-order valence-electron chi connectivity index (χ1n) is 7.76. The molecule has 0 unspecified atom stereocenters. The highest BCUT2D eigenvalue weighted by Crippen LogP contribution is 2.42. The molecule has 2 aromatic rings. The molecule has 1 amide bonds. The number of anilines is 1. The summed E-state index contributed by atoms with van der Waals surface area (Å²) in [4.78, 5) is 23.1. The molecule has 1 aliphatic heterocycles. The van der Waals surface area contributed by atoms with Gasteiger partial charge in [-0.3, -0.25) is 9.59 Å². The molecular formula is C18H15F2NO5. The summed E-state index contributed by atoms with van der Waals surface area (Å²) in [5.41, 5.74) is 0.879. The van der Waals surface area contributed by atoms with Crippen LogP contribution in [0.1, 0.15) is 23.7 Å². The molecule has 0 fully saturated rings. The number of carbonyl (C=O) groups is 2. The van der Waals surface area contributed by atoms with Crippen molar-refractivity contribution in [2.75, 3.05) is 11.9 Å². The first kappa shape index (κ1) is 17.7. The standard InChI is InChI=1S/C18H15F2NO5/c1-11(22)12-2-5-14(6-3-12)24-9-8-17(23)21-13-4-7-15-16(10-13)26-18(19,20)25-15/h2-7,10H,8-9H2,1H3,(H,21,23). The number of ketones is 1. The molecule has 0 aromatic heterocycles. The lowest BCUT2D eigenvalue weighted by atomic mass is 10.1. The van der Waals surface area contributed by atoms with Crippen LogP contribution in [-0.4, -0.2) is 24.6 Å². The number of carbonyl (C=O) groups excluding carboxylic acids is 2. The van der Waals surface area contributed by atoms with Gasteiger partial charge in [-0.25, -0.2) is 0 Å². The molecule has 0 atom stereocenters. The van der Waals surface area contributed by atoms with Crippen molar-refractivity contribution in [1.29, 1.82) is 0 Å². The van der Waals surface area contributed by atoms with E-state index in [4.69, 9.17) is 4.74 Å². The molecule has 26 heavy (non-hydrogen) atoms. The van der Waals surface area contributed by atoms with Crippen LogP contribution in [0.3, 0.4) is 0 Å². The highest BCUT2D eigenvalue weighted by molar-refractivity contribution is 5.94. The van der Waals surface area contributed by atoms with Gasteiger partial charge in [-0.15, -0.1) is 8.78 Å². The van der Waals surface area contributed by atoms with Crippen molar-refractivity contribution >= 4 is 17.4 Å². The summed E-state index contributed by atoms with van der Waals surface area (Å²) >= 11 is 0. The van der Waals surface area contributed by atoms with Gasteiger partial charge in [0.15, 0.2) is 17.3 Å². The fourth-order valence-electron chi connectivity index (χ4n) is 2.30. The lowest BCUT2D eigenvalue weighted by molar-refractivity contribution is -0.286. The van der Waals surface area contributed by atoms with E-state index in [1.807, 2.05) is 0 Å². The number of amides is 1. The third-order valence-electron chi connectivity index (χ3n) is 3.54. The Morgan fingerprint density at radius 3 is 2.46 bits per heavy atom. The second kappa shape index (κ2) is 6.99. The molecule has 1 N–H and O–H groups in total. The smallest absolute Gasteiger partial charge is 0.493 e. The van der Waals surface area contributed by atoms with Crippen LogP contribution in [-0.2, 0) is 4.79 Å². The average molecular weight is 363 g/mol. The van der Waals surface area contributed by atoms with Gasteiger partial charge in [-0.2, -0.15) is 0 Å². The molecule has 8 heteroatoms. The fourth-order valence-corrected chi connectivity index (χ4v) is 2.30. The lowest BCUT2D eigenvalue weighted by Gasteiger charge is -2.08. The van der Waals surface area contributed by atoms with Gasteiger partial charge in [-0.05, 0) is 43.3 Å². The number of Topliss-reactive ketones (excluding diaryl/α,β-unsaturated/α-hetero) is 1. The summed E-state index contributed by atoms with van der Waals surface area (Å²) < 4.78 is 40.0. The first-order valence-corrected chi connectivity index (χ1v) is 7.76. The minimum Gasteiger partial charge on any atom is -0.493 e. The van der Waals surface area contributed by atoms with Gasteiger partial charge >= 0.3 is 6.29 Å². The molecule has 6 nitrogen and oxygen atoms in total. The van der Waals surface area contributed by atoms with Gasteiger partial charge in [0.25, 0.3) is 0 Å². The third-order valence-corrected chi connectivity index (χ3v) is 3.54. The van der Waals surface area contributed by atoms with Crippen LogP contribution in [0.2, 0.25) is 0 Å². The molecule has 0 spiro atoms. The van der Waals surface area contributed by atoms with Crippen molar-refractivity contribution in [2.24, 2.45) is 0 Å². The van der Waals surface area contributed by atoms with E-state index in [-0.39, 0.29) is 36.2 Å². The van der Waals surface area contributed by atoms with Crippen LogP contribution in [0, 0.1) is 0 Å². The van der Waals surface area contributed by atoms with E-state index in [9.17, 15) is 18.4 Å². The van der Waals surface area contributed by atoms with Crippen LogP contribution in [0.5, 0.6) is 17.2 Å². The number of hydrogen-bond donors (Lipinski definition) is 1. The molecule has 0 aliphatic carbocycles. The van der Waals surface area contributed by atoms with Gasteiger partial charge in [0, 0.05) is 17.3 Å². The minimum absolute atomic E-state index is 0.0441. The van der Waals surface area contributed by atoms with Gasteiger partial charge in [0.05, 0.1) is 13.0 Å². The average Bonchev–Trinajstić information content (AvgIpc) is 2.88. The molecule has 1 heterocycles. The van der Waals surface area contributed by atoms with E-state index in [0.717, 1.165) is 0 Å². The van der Waals surface area contributed by atoms with Crippen LogP contribution in [0.4, 0.5) is 14.5 Å². The SMILES string of the molecule is CC(=O)c1ccc(OCCC(=O)Nc2ccc3c(c2)OC(F)(F)O3)cc1. The Hall–Kier alpha value is -3.16. The predicted octanol–water partition coefficient (Wildman–Crippen LogP) is 3.62. The van der Waals surface area contributed by atoms with Crippen LogP contribution >= 0.6 is 0 Å². The highest BCUT2D eigenvalue weighted by Gasteiger charge is 2.43. The van der Waals surface area contributed by atoms with E-state index in [2.05, 4.69) is 14.8 Å². The number of fused-ring (bicyclic) bond motifs is 1. The molecule has 1 aliphatic rings. The van der Waals surface area contributed by atoms with Crippen molar-refractivity contribution in [3.63, 3.8) is 0 Å². The van der Waals surface area contributed by atoms with Crippen LogP contribution in [0.15, 0.2) is 42.5 Å². The van der Waals surface area contributed by atoms with Crippen molar-refractivity contribution in [3.8, 4) is 17.2 Å². The van der Waals surface area contributed by atoms with E-state index in [0.29, 0.717) is 17.0 Å². The Labute approximate surface area is 147 Å². The van der Waals surface area contributed by atoms with Crippen molar-refractivity contribution < 1.29 is 32.6 Å². The van der Waals surface area contributed by atoms with E-state index in [1.54, 1.807) is 24.3 Å². The van der Waals surface area contributed by atoms with Gasteiger partial charge in [-0.1, -0.05) is 0 Å². The summed E-state index contributed by atoms with van der Waals surface area (Å²) in [5.74, 6) is -0.0959. The van der Waals surface area contributed by atoms with Gasteiger partial charge < -0.3 is 19.5 Å². The number of hydrogen-bond acceptors (Lipinski definition) is 5. The zero-order valence-corrected chi connectivity index (χ0v) is 13.8. The Morgan fingerprint density at radius 1 is 1.08 bits per heavy atom. The number of benzene rings is 2. The summed E-state index contributed by atoms with van der Waals surface area (Å²) in [5, 5.41) is 2.57. The zero-order valence-electron chi connectivity index (χ0n) is 13.8. The summed E-state index contributed by atoms with van der Waals surface area (Å²) in [6, 6.07) is 10.6. The van der Waals surface area contributed by atoms with Crippen molar-refractivity contribution in [3.05, 3.63) is 48.0 Å². The molecule has 0 bridgehead atoms. The van der Waals surface area contributed by atoms with E-state index in [1.165, 1.54) is 25.1 Å². The molecule has 3 rings (SSSR count). The summed E-state index contributed by atoms with van der Waals surface area (Å²) in [6.45, 7) is 1.59. The van der Waals surface area contributed by atoms with Crippen LogP contribution in [0.25, 0.3) is 0 Å². The maximum Gasteiger partial charge on any atom is 0.586 e. The molecule has 0 saturated heterocycles. The maximum absolute atomic E-state index is 13.0. The number of nitrogens with one attached hydrogen (secondary N) is 1. The maximum atomic E-state index is 13.0. The van der Waals surface area contributed by atoms with Crippen LogP contribution < -0.4 is 19.5 Å². The third kappa shape index (κ3) is 4.27. The molecule has 0 radical (unpaired) electrons. The summed E-state index contributed by atoms with van der Waals surface area (Å²) in [7, 11) is 0. The molecule has 2 aromatic carbocycles.